The molecule has 1 aliphatic rings. The summed E-state index contributed by atoms with van der Waals surface area (Å²) in [4.78, 5) is 0. The minimum Gasteiger partial charge on any atom is -0.494 e. The molecular formula is C16H24FNO2. The number of hydrogen-bond acceptors (Lipinski definition) is 3. The van der Waals surface area contributed by atoms with Gasteiger partial charge in [0.1, 0.15) is 0 Å². The van der Waals surface area contributed by atoms with Crippen LogP contribution in [0.3, 0.4) is 0 Å². The van der Waals surface area contributed by atoms with Crippen molar-refractivity contribution in [3.05, 3.63) is 29.6 Å². The van der Waals surface area contributed by atoms with E-state index in [2.05, 4.69) is 5.32 Å². The van der Waals surface area contributed by atoms with Gasteiger partial charge in [0, 0.05) is 12.6 Å². The molecule has 1 aromatic rings. The molecule has 20 heavy (non-hydrogen) atoms. The van der Waals surface area contributed by atoms with Gasteiger partial charge in [0.15, 0.2) is 11.6 Å². The smallest absolute Gasteiger partial charge is 0.165 e. The van der Waals surface area contributed by atoms with Crippen LogP contribution in [0.4, 0.5) is 4.39 Å². The minimum absolute atomic E-state index is 0.0561. The molecule has 2 unspecified atom stereocenters. The van der Waals surface area contributed by atoms with Crippen molar-refractivity contribution in [3.63, 3.8) is 0 Å². The molecule has 2 N–H and O–H groups in total. The van der Waals surface area contributed by atoms with E-state index in [1.165, 1.54) is 26.0 Å². The van der Waals surface area contributed by atoms with Crippen molar-refractivity contribution in [2.75, 3.05) is 13.7 Å². The number of ether oxygens (including phenoxy) is 1. The van der Waals surface area contributed by atoms with Gasteiger partial charge in [-0.25, -0.2) is 4.39 Å². The molecule has 1 aromatic carbocycles. The number of aliphatic hydroxyl groups excluding tert-OH is 1. The van der Waals surface area contributed by atoms with E-state index in [1.807, 2.05) is 6.92 Å². The molecule has 4 heteroatoms. The lowest BCUT2D eigenvalue weighted by Crippen LogP contribution is -2.33. The molecule has 0 heterocycles. The third-order valence-corrected chi connectivity index (χ3v) is 4.25. The molecule has 112 valence electrons. The van der Waals surface area contributed by atoms with Crippen LogP contribution in [-0.2, 0) is 0 Å². The predicted octanol–water partition coefficient (Wildman–Crippen LogP) is 3.04. The Labute approximate surface area is 120 Å². The Balaban J connectivity index is 1.89. The van der Waals surface area contributed by atoms with Crippen LogP contribution in [0.1, 0.15) is 44.2 Å². The molecule has 0 saturated heterocycles. The fourth-order valence-electron chi connectivity index (χ4n) is 2.87. The van der Waals surface area contributed by atoms with Crippen molar-refractivity contribution < 1.29 is 14.2 Å². The fraction of sp³-hybridized carbons (Fsp3) is 0.625. The van der Waals surface area contributed by atoms with E-state index in [4.69, 9.17) is 4.74 Å². The summed E-state index contributed by atoms with van der Waals surface area (Å²) >= 11 is 0. The molecule has 0 aliphatic heterocycles. The first-order chi connectivity index (χ1) is 9.61. The normalized spacial score (nSPS) is 19.0. The van der Waals surface area contributed by atoms with Crippen molar-refractivity contribution in [1.82, 2.24) is 5.32 Å². The van der Waals surface area contributed by atoms with Crippen molar-refractivity contribution in [3.8, 4) is 5.75 Å². The van der Waals surface area contributed by atoms with Gasteiger partial charge in [-0.1, -0.05) is 18.9 Å². The summed E-state index contributed by atoms with van der Waals surface area (Å²) in [6, 6.07) is 4.92. The summed E-state index contributed by atoms with van der Waals surface area (Å²) in [5, 5.41) is 13.5. The number of benzene rings is 1. The highest BCUT2D eigenvalue weighted by atomic mass is 19.1. The van der Waals surface area contributed by atoms with Gasteiger partial charge in [-0.3, -0.25) is 0 Å². The zero-order valence-corrected chi connectivity index (χ0v) is 12.2. The molecule has 0 radical (unpaired) electrons. The van der Waals surface area contributed by atoms with Gasteiger partial charge < -0.3 is 15.2 Å². The summed E-state index contributed by atoms with van der Waals surface area (Å²) in [6.07, 6.45) is 4.42. The second-order valence-corrected chi connectivity index (χ2v) is 5.64. The lowest BCUT2D eigenvalue weighted by atomic mass is 10.00. The van der Waals surface area contributed by atoms with Crippen LogP contribution in [0.25, 0.3) is 0 Å². The van der Waals surface area contributed by atoms with Crippen LogP contribution in [0.2, 0.25) is 0 Å². The number of aliphatic hydroxyl groups is 1. The van der Waals surface area contributed by atoms with Crippen LogP contribution in [0, 0.1) is 11.7 Å². The summed E-state index contributed by atoms with van der Waals surface area (Å²) < 4.78 is 18.4. The highest BCUT2D eigenvalue weighted by molar-refractivity contribution is 5.31. The second-order valence-electron chi connectivity index (χ2n) is 5.64. The highest BCUT2D eigenvalue weighted by Gasteiger charge is 2.23. The molecule has 2 rings (SSSR count). The Kier molecular flexibility index (Phi) is 5.38. The summed E-state index contributed by atoms with van der Waals surface area (Å²) in [5.74, 6) is 0.333. The third-order valence-electron chi connectivity index (χ3n) is 4.25. The molecule has 3 nitrogen and oxygen atoms in total. The first-order valence-electron chi connectivity index (χ1n) is 7.36. The summed E-state index contributed by atoms with van der Waals surface area (Å²) in [7, 11) is 1.46. The third kappa shape index (κ3) is 3.70. The average Bonchev–Trinajstić information content (AvgIpc) is 2.99. The van der Waals surface area contributed by atoms with Crippen LogP contribution in [-0.4, -0.2) is 24.9 Å². The standard InChI is InChI=1S/C16H24FNO2/c1-11(13-7-8-14(17)16(9-13)20-2)18-10-15(19)12-5-3-4-6-12/h7-9,11-12,15,18-19H,3-6,10H2,1-2H3. The van der Waals surface area contributed by atoms with Gasteiger partial charge in [0.2, 0.25) is 0 Å². The van der Waals surface area contributed by atoms with Crippen LogP contribution >= 0.6 is 0 Å². The zero-order valence-electron chi connectivity index (χ0n) is 12.2. The van der Waals surface area contributed by atoms with Crippen LogP contribution in [0.5, 0.6) is 5.75 Å². The predicted molar refractivity (Wildman–Crippen MR) is 77.3 cm³/mol. The maximum Gasteiger partial charge on any atom is 0.165 e. The van der Waals surface area contributed by atoms with Crippen molar-refractivity contribution in [2.24, 2.45) is 5.92 Å². The topological polar surface area (TPSA) is 41.5 Å². The summed E-state index contributed by atoms with van der Waals surface area (Å²) in [6.45, 7) is 2.58. The Bertz CT molecular complexity index is 432. The van der Waals surface area contributed by atoms with Crippen molar-refractivity contribution in [1.29, 1.82) is 0 Å². The van der Waals surface area contributed by atoms with E-state index in [0.29, 0.717) is 12.5 Å². The Morgan fingerprint density at radius 2 is 2.10 bits per heavy atom. The Morgan fingerprint density at radius 1 is 1.40 bits per heavy atom. The molecule has 1 saturated carbocycles. The number of methoxy groups -OCH3 is 1. The van der Waals surface area contributed by atoms with Crippen LogP contribution in [0.15, 0.2) is 18.2 Å². The van der Waals surface area contributed by atoms with Crippen molar-refractivity contribution >= 4 is 0 Å². The Morgan fingerprint density at radius 3 is 2.75 bits per heavy atom. The quantitative estimate of drug-likeness (QED) is 0.842. The van der Waals surface area contributed by atoms with E-state index in [9.17, 15) is 9.50 Å². The minimum atomic E-state index is -0.352. The zero-order chi connectivity index (χ0) is 14.5. The van der Waals surface area contributed by atoms with E-state index in [0.717, 1.165) is 18.4 Å². The van der Waals surface area contributed by atoms with E-state index in [-0.39, 0.29) is 23.7 Å². The Hall–Kier alpha value is -1.13. The first kappa shape index (κ1) is 15.3. The van der Waals surface area contributed by atoms with Gasteiger partial charge in [-0.2, -0.15) is 0 Å². The fourth-order valence-corrected chi connectivity index (χ4v) is 2.87. The molecular weight excluding hydrogens is 257 g/mol. The number of halogens is 1. The van der Waals surface area contributed by atoms with Gasteiger partial charge in [-0.05, 0) is 43.4 Å². The maximum absolute atomic E-state index is 13.4. The molecule has 2 atom stereocenters. The van der Waals surface area contributed by atoms with E-state index >= 15 is 0 Å². The molecule has 0 aromatic heterocycles. The largest absolute Gasteiger partial charge is 0.494 e. The van der Waals surface area contributed by atoms with E-state index in [1.54, 1.807) is 12.1 Å². The molecule has 1 aliphatic carbocycles. The number of hydrogen-bond donors (Lipinski definition) is 2. The second kappa shape index (κ2) is 7.04. The number of rotatable bonds is 6. The molecule has 1 fully saturated rings. The molecule has 0 bridgehead atoms. The van der Waals surface area contributed by atoms with Gasteiger partial charge in [-0.15, -0.1) is 0 Å². The van der Waals surface area contributed by atoms with Gasteiger partial charge in [0.25, 0.3) is 0 Å². The highest BCUT2D eigenvalue weighted by Crippen LogP contribution is 2.28. The molecule has 0 spiro atoms. The van der Waals surface area contributed by atoms with Gasteiger partial charge >= 0.3 is 0 Å². The first-order valence-corrected chi connectivity index (χ1v) is 7.36. The average molecular weight is 281 g/mol. The van der Waals surface area contributed by atoms with Crippen LogP contribution < -0.4 is 10.1 Å². The van der Waals surface area contributed by atoms with Gasteiger partial charge in [0.05, 0.1) is 13.2 Å². The summed E-state index contributed by atoms with van der Waals surface area (Å²) in [5.41, 5.74) is 0.960. The number of nitrogens with one attached hydrogen (secondary N) is 1. The van der Waals surface area contributed by atoms with Crippen molar-refractivity contribution in [2.45, 2.75) is 44.8 Å². The maximum atomic E-state index is 13.4. The SMILES string of the molecule is COc1cc(C(C)NCC(O)C2CCCC2)ccc1F. The monoisotopic (exact) mass is 281 g/mol. The lowest BCUT2D eigenvalue weighted by molar-refractivity contribution is 0.106. The molecule has 0 amide bonds. The lowest BCUT2D eigenvalue weighted by Gasteiger charge is -2.21. The van der Waals surface area contributed by atoms with E-state index < -0.39 is 0 Å².